The van der Waals surface area contributed by atoms with E-state index in [9.17, 15) is 18.0 Å². The molecular formula is C26H31N5O4S. The standard InChI is InChI=1S/C26H31N5O4S/c1-16-11-25(32)28-22-7-5-18(12-20(16)22)27-26(33)21-13-19(36(34,35)29(2)3)6-8-23(21)31-10-9-17-14-30(4)15-24(17)31/h5-8,11-13,17,24H,9-10,14-15H2,1-4H3,(H,27,33)(H,28,32). The van der Waals surface area contributed by atoms with E-state index in [-0.39, 0.29) is 22.4 Å². The molecule has 3 heterocycles. The minimum absolute atomic E-state index is 0.0765. The number of carbonyl (C=O) groups excluding carboxylic acids is 1. The quantitative estimate of drug-likeness (QED) is 0.548. The summed E-state index contributed by atoms with van der Waals surface area (Å²) < 4.78 is 26.9. The van der Waals surface area contributed by atoms with Crippen LogP contribution in [0.25, 0.3) is 10.9 Å². The average Bonchev–Trinajstić information content (AvgIpc) is 3.37. The molecule has 3 aromatic rings. The van der Waals surface area contributed by atoms with Gasteiger partial charge in [0.05, 0.1) is 10.5 Å². The second kappa shape index (κ2) is 9.02. The lowest BCUT2D eigenvalue weighted by Gasteiger charge is -2.29. The number of H-pyrrole nitrogens is 1. The Morgan fingerprint density at radius 3 is 2.64 bits per heavy atom. The molecule has 1 aromatic heterocycles. The van der Waals surface area contributed by atoms with Crippen LogP contribution in [0.4, 0.5) is 11.4 Å². The molecule has 1 amide bonds. The van der Waals surface area contributed by atoms with E-state index in [1.54, 1.807) is 24.3 Å². The second-order valence-corrected chi connectivity index (χ2v) is 12.2. The molecule has 2 saturated heterocycles. The van der Waals surface area contributed by atoms with Crippen molar-refractivity contribution in [3.63, 3.8) is 0 Å². The zero-order chi connectivity index (χ0) is 25.8. The topological polar surface area (TPSA) is 106 Å². The molecule has 0 aliphatic carbocycles. The van der Waals surface area contributed by atoms with E-state index >= 15 is 0 Å². The van der Waals surface area contributed by atoms with Gasteiger partial charge in [0.2, 0.25) is 15.6 Å². The molecule has 0 radical (unpaired) electrons. The fourth-order valence-electron chi connectivity index (χ4n) is 5.49. The van der Waals surface area contributed by atoms with Crippen molar-refractivity contribution in [2.24, 2.45) is 5.92 Å². The highest BCUT2D eigenvalue weighted by Gasteiger charge is 2.41. The van der Waals surface area contributed by atoms with Gasteiger partial charge in [-0.2, -0.15) is 0 Å². The fraction of sp³-hybridized carbons (Fsp3) is 0.385. The summed E-state index contributed by atoms with van der Waals surface area (Å²) in [6, 6.07) is 11.9. The van der Waals surface area contributed by atoms with Crippen molar-refractivity contribution in [3.8, 4) is 0 Å². The van der Waals surface area contributed by atoms with Crippen molar-refractivity contribution in [1.29, 1.82) is 0 Å². The number of nitrogens with one attached hydrogen (secondary N) is 2. The highest BCUT2D eigenvalue weighted by molar-refractivity contribution is 7.89. The molecule has 10 heteroatoms. The maximum atomic E-state index is 13.7. The molecule has 2 unspecified atom stereocenters. The molecule has 0 saturated carbocycles. The number of fused-ring (bicyclic) bond motifs is 2. The molecule has 190 valence electrons. The lowest BCUT2D eigenvalue weighted by molar-refractivity contribution is 0.102. The van der Waals surface area contributed by atoms with Crippen molar-refractivity contribution < 1.29 is 13.2 Å². The van der Waals surface area contributed by atoms with Gasteiger partial charge in [-0.25, -0.2) is 12.7 Å². The zero-order valence-corrected chi connectivity index (χ0v) is 21.7. The Balaban J connectivity index is 1.55. The smallest absolute Gasteiger partial charge is 0.257 e. The number of aryl methyl sites for hydroxylation is 1. The van der Waals surface area contributed by atoms with E-state index in [0.717, 1.165) is 47.0 Å². The van der Waals surface area contributed by atoms with Gasteiger partial charge in [-0.15, -0.1) is 0 Å². The third-order valence-electron chi connectivity index (χ3n) is 7.34. The molecule has 5 rings (SSSR count). The number of pyridine rings is 1. The Bertz CT molecular complexity index is 1510. The van der Waals surface area contributed by atoms with Gasteiger partial charge in [0.15, 0.2) is 0 Å². The Hall–Kier alpha value is -3.21. The summed E-state index contributed by atoms with van der Waals surface area (Å²) >= 11 is 0. The van der Waals surface area contributed by atoms with Crippen LogP contribution in [-0.4, -0.2) is 75.3 Å². The number of likely N-dealkylation sites (tertiary alicyclic amines) is 1. The normalized spacial score (nSPS) is 20.3. The highest BCUT2D eigenvalue weighted by Crippen LogP contribution is 2.37. The van der Waals surface area contributed by atoms with E-state index in [1.807, 2.05) is 13.0 Å². The largest absolute Gasteiger partial charge is 0.366 e. The van der Waals surface area contributed by atoms with Crippen LogP contribution in [0.1, 0.15) is 22.3 Å². The summed E-state index contributed by atoms with van der Waals surface area (Å²) in [4.78, 5) is 32.9. The highest BCUT2D eigenvalue weighted by atomic mass is 32.2. The molecule has 2 aliphatic rings. The molecule has 0 spiro atoms. The minimum Gasteiger partial charge on any atom is -0.366 e. The molecule has 2 fully saturated rings. The Labute approximate surface area is 210 Å². The first kappa shape index (κ1) is 24.5. The van der Waals surface area contributed by atoms with Gasteiger partial charge in [0.1, 0.15) is 0 Å². The van der Waals surface area contributed by atoms with Gasteiger partial charge < -0.3 is 20.1 Å². The number of sulfonamides is 1. The van der Waals surface area contributed by atoms with E-state index in [1.165, 1.54) is 26.2 Å². The number of rotatable bonds is 5. The average molecular weight is 510 g/mol. The summed E-state index contributed by atoms with van der Waals surface area (Å²) in [7, 11) is 1.34. The third-order valence-corrected chi connectivity index (χ3v) is 9.15. The molecule has 36 heavy (non-hydrogen) atoms. The van der Waals surface area contributed by atoms with Crippen LogP contribution in [0.5, 0.6) is 0 Å². The summed E-state index contributed by atoms with van der Waals surface area (Å²) in [5, 5.41) is 3.78. The first-order chi connectivity index (χ1) is 17.0. The van der Waals surface area contributed by atoms with Crippen LogP contribution in [0, 0.1) is 12.8 Å². The van der Waals surface area contributed by atoms with Gasteiger partial charge >= 0.3 is 0 Å². The maximum Gasteiger partial charge on any atom is 0.257 e. The number of nitrogens with zero attached hydrogens (tertiary/aromatic N) is 3. The predicted octanol–water partition coefficient (Wildman–Crippen LogP) is 2.48. The Kier molecular flexibility index (Phi) is 6.14. The first-order valence-corrected chi connectivity index (χ1v) is 13.5. The van der Waals surface area contributed by atoms with Crippen LogP contribution in [0.3, 0.4) is 0 Å². The van der Waals surface area contributed by atoms with Gasteiger partial charge in [-0.1, -0.05) is 0 Å². The van der Waals surface area contributed by atoms with Gasteiger partial charge in [-0.3, -0.25) is 9.59 Å². The third kappa shape index (κ3) is 4.29. The number of benzene rings is 2. The van der Waals surface area contributed by atoms with E-state index in [0.29, 0.717) is 22.7 Å². The molecule has 2 atom stereocenters. The number of aromatic amines is 1. The number of likely N-dealkylation sites (N-methyl/N-ethyl adjacent to an activating group) is 1. The van der Waals surface area contributed by atoms with Crippen LogP contribution in [0.2, 0.25) is 0 Å². The number of amides is 1. The summed E-state index contributed by atoms with van der Waals surface area (Å²) in [5.41, 5.74) is 2.95. The monoisotopic (exact) mass is 509 g/mol. The predicted molar refractivity (Wildman–Crippen MR) is 141 cm³/mol. The lowest BCUT2D eigenvalue weighted by Crippen LogP contribution is -2.36. The fourth-order valence-corrected chi connectivity index (χ4v) is 6.42. The van der Waals surface area contributed by atoms with Crippen LogP contribution < -0.4 is 15.8 Å². The van der Waals surface area contributed by atoms with Gasteiger partial charge in [-0.05, 0) is 68.3 Å². The maximum absolute atomic E-state index is 13.7. The van der Waals surface area contributed by atoms with Gasteiger partial charge in [0, 0.05) is 68.1 Å². The summed E-state index contributed by atoms with van der Waals surface area (Å²) in [6.45, 7) is 4.60. The number of aromatic nitrogens is 1. The van der Waals surface area contributed by atoms with Crippen LogP contribution in [-0.2, 0) is 10.0 Å². The molecular weight excluding hydrogens is 478 g/mol. The molecule has 0 bridgehead atoms. The number of anilines is 2. The van der Waals surface area contributed by atoms with E-state index in [2.05, 4.69) is 27.1 Å². The van der Waals surface area contributed by atoms with Crippen molar-refractivity contribution in [3.05, 3.63) is 63.9 Å². The minimum atomic E-state index is -3.72. The first-order valence-electron chi connectivity index (χ1n) is 12.0. The number of carbonyl (C=O) groups is 1. The van der Waals surface area contributed by atoms with Gasteiger partial charge in [0.25, 0.3) is 5.91 Å². The van der Waals surface area contributed by atoms with Crippen molar-refractivity contribution in [1.82, 2.24) is 14.2 Å². The molecule has 9 nitrogen and oxygen atoms in total. The Morgan fingerprint density at radius 2 is 1.89 bits per heavy atom. The lowest BCUT2D eigenvalue weighted by atomic mass is 10.0. The number of hydrogen-bond acceptors (Lipinski definition) is 6. The SMILES string of the molecule is Cc1cc(=O)[nH]c2ccc(NC(=O)c3cc(S(=O)(=O)N(C)C)ccc3N3CCC4CN(C)CC43)cc12. The Morgan fingerprint density at radius 1 is 1.11 bits per heavy atom. The summed E-state index contributed by atoms with van der Waals surface area (Å²) in [5.74, 6) is 0.152. The van der Waals surface area contributed by atoms with E-state index in [4.69, 9.17) is 0 Å². The van der Waals surface area contributed by atoms with Crippen molar-refractivity contribution in [2.75, 3.05) is 51.0 Å². The zero-order valence-electron chi connectivity index (χ0n) is 20.9. The van der Waals surface area contributed by atoms with E-state index < -0.39 is 10.0 Å². The molecule has 2 aromatic carbocycles. The van der Waals surface area contributed by atoms with Crippen molar-refractivity contribution >= 4 is 38.2 Å². The van der Waals surface area contributed by atoms with Crippen LogP contribution in [0.15, 0.2) is 52.2 Å². The summed E-state index contributed by atoms with van der Waals surface area (Å²) in [6.07, 6.45) is 1.04. The number of hydrogen-bond donors (Lipinski definition) is 2. The van der Waals surface area contributed by atoms with Crippen molar-refractivity contribution in [2.45, 2.75) is 24.3 Å². The second-order valence-electron chi connectivity index (χ2n) is 10.0. The molecule has 2 N–H and O–H groups in total. The molecule has 2 aliphatic heterocycles. The van der Waals surface area contributed by atoms with Crippen LogP contribution >= 0.6 is 0 Å².